The van der Waals surface area contributed by atoms with Crippen molar-refractivity contribution in [2.24, 2.45) is 0 Å². The van der Waals surface area contributed by atoms with Gasteiger partial charge in [0.15, 0.2) is 0 Å². The lowest BCUT2D eigenvalue weighted by atomic mass is 10.0. The molecule has 4 heteroatoms. The second kappa shape index (κ2) is 6.51. The van der Waals surface area contributed by atoms with Gasteiger partial charge in [-0.3, -0.25) is 0 Å². The van der Waals surface area contributed by atoms with Gasteiger partial charge in [-0.1, -0.05) is 45.7 Å². The van der Waals surface area contributed by atoms with E-state index < -0.39 is 6.10 Å². The van der Waals surface area contributed by atoms with Crippen molar-refractivity contribution in [3.05, 3.63) is 68.9 Å². The van der Waals surface area contributed by atoms with Gasteiger partial charge in [0.25, 0.3) is 0 Å². The highest BCUT2D eigenvalue weighted by Gasteiger charge is 2.10. The van der Waals surface area contributed by atoms with Crippen molar-refractivity contribution in [1.82, 2.24) is 0 Å². The number of hydrogen-bond donors (Lipinski definition) is 1. The number of rotatable bonds is 4. The predicted molar refractivity (Wildman–Crippen MR) is 79.0 cm³/mol. The summed E-state index contributed by atoms with van der Waals surface area (Å²) in [5, 5.41) is 10.7. The minimum absolute atomic E-state index is 0.269. The van der Waals surface area contributed by atoms with E-state index in [2.05, 4.69) is 15.9 Å². The van der Waals surface area contributed by atoms with Crippen LogP contribution in [0.25, 0.3) is 0 Å². The standard InChI is InChI=1S/C15H13BrClFO/c16-12-4-3-11(15(17)9-12)8-14(19)7-10-1-5-13(18)6-2-10/h1-6,9,14,19H,7-8H2. The zero-order chi connectivity index (χ0) is 13.8. The van der Waals surface area contributed by atoms with Gasteiger partial charge in [0.1, 0.15) is 5.82 Å². The van der Waals surface area contributed by atoms with Crippen molar-refractivity contribution in [2.75, 3.05) is 0 Å². The van der Waals surface area contributed by atoms with Crippen molar-refractivity contribution >= 4 is 27.5 Å². The number of hydrogen-bond acceptors (Lipinski definition) is 1. The van der Waals surface area contributed by atoms with Crippen molar-refractivity contribution in [2.45, 2.75) is 18.9 Å². The van der Waals surface area contributed by atoms with Gasteiger partial charge in [-0.2, -0.15) is 0 Å². The van der Waals surface area contributed by atoms with E-state index >= 15 is 0 Å². The quantitative estimate of drug-likeness (QED) is 0.873. The molecule has 0 aliphatic heterocycles. The third kappa shape index (κ3) is 4.30. The zero-order valence-corrected chi connectivity index (χ0v) is 12.5. The normalized spacial score (nSPS) is 12.4. The first-order chi connectivity index (χ1) is 9.04. The van der Waals surface area contributed by atoms with Crippen LogP contribution in [0.4, 0.5) is 4.39 Å². The highest BCUT2D eigenvalue weighted by molar-refractivity contribution is 9.10. The molecule has 2 aromatic rings. The van der Waals surface area contributed by atoms with Gasteiger partial charge in [0, 0.05) is 15.9 Å². The topological polar surface area (TPSA) is 20.2 Å². The van der Waals surface area contributed by atoms with Crippen molar-refractivity contribution in [3.8, 4) is 0 Å². The number of aliphatic hydroxyl groups is 1. The monoisotopic (exact) mass is 342 g/mol. The number of halogens is 3. The van der Waals surface area contributed by atoms with Crippen LogP contribution in [0.2, 0.25) is 5.02 Å². The number of benzene rings is 2. The fourth-order valence-electron chi connectivity index (χ4n) is 1.91. The molecule has 100 valence electrons. The van der Waals surface area contributed by atoms with E-state index in [4.69, 9.17) is 11.6 Å². The molecule has 2 aromatic carbocycles. The Morgan fingerprint density at radius 1 is 1.11 bits per heavy atom. The number of aliphatic hydroxyl groups excluding tert-OH is 1. The van der Waals surface area contributed by atoms with Gasteiger partial charge in [0.05, 0.1) is 6.10 Å². The Bertz CT molecular complexity index is 557. The fraction of sp³-hybridized carbons (Fsp3) is 0.200. The van der Waals surface area contributed by atoms with E-state index in [0.29, 0.717) is 17.9 Å². The lowest BCUT2D eigenvalue weighted by molar-refractivity contribution is 0.175. The minimum Gasteiger partial charge on any atom is -0.392 e. The third-order valence-corrected chi connectivity index (χ3v) is 3.70. The smallest absolute Gasteiger partial charge is 0.123 e. The van der Waals surface area contributed by atoms with Crippen LogP contribution in [0.15, 0.2) is 46.9 Å². The van der Waals surface area contributed by atoms with Crippen LogP contribution >= 0.6 is 27.5 Å². The average molecular weight is 344 g/mol. The largest absolute Gasteiger partial charge is 0.392 e. The van der Waals surface area contributed by atoms with E-state index in [1.807, 2.05) is 18.2 Å². The molecule has 0 saturated heterocycles. The van der Waals surface area contributed by atoms with E-state index in [0.717, 1.165) is 15.6 Å². The van der Waals surface area contributed by atoms with Crippen molar-refractivity contribution in [1.29, 1.82) is 0 Å². The molecular weight excluding hydrogens is 331 g/mol. The van der Waals surface area contributed by atoms with Crippen molar-refractivity contribution in [3.63, 3.8) is 0 Å². The zero-order valence-electron chi connectivity index (χ0n) is 10.1. The average Bonchev–Trinajstić information content (AvgIpc) is 2.36. The summed E-state index contributed by atoms with van der Waals surface area (Å²) < 4.78 is 13.7. The summed E-state index contributed by atoms with van der Waals surface area (Å²) in [4.78, 5) is 0. The molecule has 0 bridgehead atoms. The molecule has 1 unspecified atom stereocenters. The molecule has 0 amide bonds. The lowest BCUT2D eigenvalue weighted by Gasteiger charge is -2.12. The van der Waals surface area contributed by atoms with E-state index in [9.17, 15) is 9.50 Å². The van der Waals surface area contributed by atoms with Crippen molar-refractivity contribution < 1.29 is 9.50 Å². The summed E-state index contributed by atoms with van der Waals surface area (Å²) in [6.07, 6.45) is 0.417. The van der Waals surface area contributed by atoms with Gasteiger partial charge in [-0.05, 0) is 41.8 Å². The summed E-state index contributed by atoms with van der Waals surface area (Å²) in [5.74, 6) is -0.269. The molecule has 0 fully saturated rings. The van der Waals surface area contributed by atoms with Crippen LogP contribution in [-0.4, -0.2) is 11.2 Å². The summed E-state index contributed by atoms with van der Waals surface area (Å²) in [5.41, 5.74) is 1.81. The molecule has 0 aliphatic rings. The Hall–Kier alpha value is -0.900. The van der Waals surface area contributed by atoms with Crippen LogP contribution in [0.5, 0.6) is 0 Å². The Labute approximate surface area is 125 Å². The molecule has 0 heterocycles. The van der Waals surface area contributed by atoms with Gasteiger partial charge in [0.2, 0.25) is 0 Å². The molecule has 0 aromatic heterocycles. The fourth-order valence-corrected chi connectivity index (χ4v) is 2.66. The molecular formula is C15H13BrClFO. The second-order valence-electron chi connectivity index (χ2n) is 4.42. The summed E-state index contributed by atoms with van der Waals surface area (Å²) in [7, 11) is 0. The molecule has 0 aliphatic carbocycles. The van der Waals surface area contributed by atoms with Crippen LogP contribution in [0, 0.1) is 5.82 Å². The second-order valence-corrected chi connectivity index (χ2v) is 5.75. The van der Waals surface area contributed by atoms with Gasteiger partial charge in [-0.15, -0.1) is 0 Å². The Kier molecular flexibility index (Phi) is 4.97. The highest BCUT2D eigenvalue weighted by atomic mass is 79.9. The Balaban J connectivity index is 2.01. The maximum atomic E-state index is 12.8. The Morgan fingerprint density at radius 3 is 2.42 bits per heavy atom. The maximum Gasteiger partial charge on any atom is 0.123 e. The first kappa shape index (κ1) is 14.5. The van der Waals surface area contributed by atoms with Crippen LogP contribution < -0.4 is 0 Å². The molecule has 1 N–H and O–H groups in total. The van der Waals surface area contributed by atoms with Gasteiger partial charge in [-0.25, -0.2) is 4.39 Å². The molecule has 0 saturated carbocycles. The SMILES string of the molecule is OC(Cc1ccc(F)cc1)Cc1ccc(Br)cc1Cl. The molecule has 0 spiro atoms. The molecule has 0 radical (unpaired) electrons. The van der Waals surface area contributed by atoms with E-state index in [1.54, 1.807) is 12.1 Å². The summed E-state index contributed by atoms with van der Waals surface area (Å²) in [6.45, 7) is 0. The van der Waals surface area contributed by atoms with Gasteiger partial charge < -0.3 is 5.11 Å². The third-order valence-electron chi connectivity index (χ3n) is 2.86. The van der Waals surface area contributed by atoms with E-state index in [1.165, 1.54) is 12.1 Å². The van der Waals surface area contributed by atoms with Crippen LogP contribution in [0.1, 0.15) is 11.1 Å². The molecule has 19 heavy (non-hydrogen) atoms. The molecule has 2 rings (SSSR count). The minimum atomic E-state index is -0.538. The van der Waals surface area contributed by atoms with Crippen LogP contribution in [-0.2, 0) is 12.8 Å². The molecule has 1 atom stereocenters. The van der Waals surface area contributed by atoms with Crippen LogP contribution in [0.3, 0.4) is 0 Å². The summed E-state index contributed by atoms with van der Waals surface area (Å²) in [6, 6.07) is 11.8. The lowest BCUT2D eigenvalue weighted by Crippen LogP contribution is -2.14. The van der Waals surface area contributed by atoms with E-state index in [-0.39, 0.29) is 5.82 Å². The summed E-state index contributed by atoms with van der Waals surface area (Å²) >= 11 is 9.45. The predicted octanol–water partition coefficient (Wildman–Crippen LogP) is 4.39. The van der Waals surface area contributed by atoms with Gasteiger partial charge >= 0.3 is 0 Å². The highest BCUT2D eigenvalue weighted by Crippen LogP contribution is 2.23. The maximum absolute atomic E-state index is 12.8. The first-order valence-corrected chi connectivity index (χ1v) is 7.08. The molecule has 1 nitrogen and oxygen atoms in total. The first-order valence-electron chi connectivity index (χ1n) is 5.91. The Morgan fingerprint density at radius 2 is 1.79 bits per heavy atom.